The molecule has 35 heavy (non-hydrogen) atoms. The van der Waals surface area contributed by atoms with Crippen LogP contribution in [0.4, 0.5) is 5.69 Å². The molecule has 2 aliphatic heterocycles. The van der Waals surface area contributed by atoms with Crippen molar-refractivity contribution in [1.29, 1.82) is 0 Å². The summed E-state index contributed by atoms with van der Waals surface area (Å²) in [7, 11) is 0. The minimum absolute atomic E-state index is 0.295. The van der Waals surface area contributed by atoms with Crippen LogP contribution in [-0.2, 0) is 9.53 Å². The second kappa shape index (κ2) is 14.1. The lowest BCUT2D eigenvalue weighted by molar-refractivity contribution is -0.138. The summed E-state index contributed by atoms with van der Waals surface area (Å²) in [6.45, 7) is 15.2. The van der Waals surface area contributed by atoms with Gasteiger partial charge >= 0.3 is 5.97 Å². The summed E-state index contributed by atoms with van der Waals surface area (Å²) in [6.07, 6.45) is 11.3. The lowest BCUT2D eigenvalue weighted by Gasteiger charge is -2.42. The number of rotatable bonds is 7. The zero-order valence-electron chi connectivity index (χ0n) is 22.1. The number of carbonyl (C=O) groups excluding carboxylic acids is 1. The van der Waals surface area contributed by atoms with E-state index in [0.717, 1.165) is 65.0 Å². The third kappa shape index (κ3) is 8.53. The van der Waals surface area contributed by atoms with Crippen molar-refractivity contribution < 1.29 is 9.53 Å². The molecular weight excluding hydrogens is 436 g/mol. The molecule has 0 radical (unpaired) electrons. The van der Waals surface area contributed by atoms with Crippen LogP contribution in [-0.4, -0.2) is 69.0 Å². The summed E-state index contributed by atoms with van der Waals surface area (Å²) in [6, 6.07) is 7.33. The summed E-state index contributed by atoms with van der Waals surface area (Å²) < 4.78 is 5.37. The van der Waals surface area contributed by atoms with Crippen molar-refractivity contribution in [3.8, 4) is 0 Å². The number of aryl methyl sites for hydroxylation is 2. The van der Waals surface area contributed by atoms with Crippen LogP contribution in [0.15, 0.2) is 47.1 Å². The van der Waals surface area contributed by atoms with Gasteiger partial charge in [0, 0.05) is 57.2 Å². The van der Waals surface area contributed by atoms with E-state index in [1.165, 1.54) is 16.8 Å². The van der Waals surface area contributed by atoms with E-state index in [1.807, 2.05) is 12.3 Å². The normalized spacial score (nSPS) is 24.5. The smallest absolute Gasteiger partial charge is 0.339 e. The summed E-state index contributed by atoms with van der Waals surface area (Å²) in [5.74, 6) is 0.267. The number of nitrogens with zero attached hydrogens (tertiary/aromatic N) is 3. The Morgan fingerprint density at radius 2 is 2.06 bits per heavy atom. The van der Waals surface area contributed by atoms with Gasteiger partial charge in [-0.3, -0.25) is 9.89 Å². The highest BCUT2D eigenvalue weighted by Crippen LogP contribution is 2.23. The topological polar surface area (TPSA) is 57.2 Å². The van der Waals surface area contributed by atoms with Crippen LogP contribution in [0.25, 0.3) is 0 Å². The number of carbonyl (C=O) groups is 1. The number of nitrogens with one attached hydrogen (secondary N) is 1. The molecule has 6 nitrogen and oxygen atoms in total. The summed E-state index contributed by atoms with van der Waals surface area (Å²) >= 11 is 0. The number of esters is 1. The summed E-state index contributed by atoms with van der Waals surface area (Å²) in [5.41, 5.74) is 4.56. The van der Waals surface area contributed by atoms with Crippen LogP contribution in [0.1, 0.15) is 50.7 Å². The van der Waals surface area contributed by atoms with Gasteiger partial charge in [-0.05, 0) is 87.6 Å². The number of allylic oxidation sites excluding steroid dienone is 2. The molecule has 0 bridgehead atoms. The second-order valence-corrected chi connectivity index (χ2v) is 9.96. The second-order valence-electron chi connectivity index (χ2n) is 9.96. The van der Waals surface area contributed by atoms with Gasteiger partial charge in [0.2, 0.25) is 0 Å². The first-order valence-electron chi connectivity index (χ1n) is 13.3. The standard InChI is InChI=1S/C29H44N4O2/c1-5-6-18-35-29(34)27-8-7-13-30-14-11-26(12-15-31-20-27)22-32-16-17-33(21-25(32)4)28-10-9-23(2)24(3)19-28/h7-10,13,19-20,25-26,30H,5-6,11-12,14-18,21-22H2,1-4H3/b13-7+,27-8+,31-20?. The molecule has 192 valence electrons. The van der Waals surface area contributed by atoms with Crippen molar-refractivity contribution in [2.45, 2.75) is 59.4 Å². The number of unbranched alkanes of at least 4 members (excludes halogenated alkanes) is 1. The van der Waals surface area contributed by atoms with E-state index in [0.29, 0.717) is 24.1 Å². The minimum Gasteiger partial charge on any atom is -0.462 e. The molecule has 2 heterocycles. The highest BCUT2D eigenvalue weighted by molar-refractivity contribution is 6.09. The van der Waals surface area contributed by atoms with Gasteiger partial charge in [0.25, 0.3) is 0 Å². The highest BCUT2D eigenvalue weighted by Gasteiger charge is 2.26. The largest absolute Gasteiger partial charge is 0.462 e. The van der Waals surface area contributed by atoms with E-state index < -0.39 is 0 Å². The first-order chi connectivity index (χ1) is 17.0. The van der Waals surface area contributed by atoms with Gasteiger partial charge in [0.05, 0.1) is 12.2 Å². The third-order valence-corrected chi connectivity index (χ3v) is 7.16. The Bertz CT molecular complexity index is 908. The maximum absolute atomic E-state index is 12.4. The Morgan fingerprint density at radius 1 is 1.20 bits per heavy atom. The van der Waals surface area contributed by atoms with Gasteiger partial charge in [-0.15, -0.1) is 0 Å². The van der Waals surface area contributed by atoms with Gasteiger partial charge in [-0.1, -0.05) is 19.4 Å². The highest BCUT2D eigenvalue weighted by atomic mass is 16.5. The average Bonchev–Trinajstić information content (AvgIpc) is 2.83. The molecule has 1 aromatic rings. The number of hydrogen-bond donors (Lipinski definition) is 1. The number of ether oxygens (including phenoxy) is 1. The van der Waals surface area contributed by atoms with E-state index in [4.69, 9.17) is 4.74 Å². The molecule has 0 saturated carbocycles. The molecular formula is C29H44N4O2. The first-order valence-corrected chi connectivity index (χ1v) is 13.3. The lowest BCUT2D eigenvalue weighted by atomic mass is 9.98. The Hall–Kier alpha value is -2.60. The van der Waals surface area contributed by atoms with Crippen LogP contribution in [0.3, 0.4) is 0 Å². The fourth-order valence-corrected chi connectivity index (χ4v) is 4.65. The molecule has 3 rings (SSSR count). The van der Waals surface area contributed by atoms with Gasteiger partial charge < -0.3 is 15.0 Å². The van der Waals surface area contributed by atoms with Gasteiger partial charge in [-0.25, -0.2) is 4.79 Å². The molecule has 6 heteroatoms. The fourth-order valence-electron chi connectivity index (χ4n) is 4.65. The summed E-state index contributed by atoms with van der Waals surface area (Å²) in [4.78, 5) is 22.1. The van der Waals surface area contributed by atoms with Crippen LogP contribution in [0.2, 0.25) is 0 Å². The maximum Gasteiger partial charge on any atom is 0.339 e. The molecule has 1 N–H and O–H groups in total. The molecule has 1 saturated heterocycles. The van der Waals surface area contributed by atoms with E-state index >= 15 is 0 Å². The van der Waals surface area contributed by atoms with Crippen molar-refractivity contribution in [1.82, 2.24) is 10.2 Å². The molecule has 0 amide bonds. The van der Waals surface area contributed by atoms with Crippen molar-refractivity contribution in [3.63, 3.8) is 0 Å². The predicted molar refractivity (Wildman–Crippen MR) is 146 cm³/mol. The Morgan fingerprint density at radius 3 is 2.83 bits per heavy atom. The molecule has 2 atom stereocenters. The van der Waals surface area contributed by atoms with Gasteiger partial charge in [0.1, 0.15) is 0 Å². The van der Waals surface area contributed by atoms with Crippen molar-refractivity contribution in [2.24, 2.45) is 10.9 Å². The molecule has 2 aliphatic rings. The zero-order chi connectivity index (χ0) is 25.0. The van der Waals surface area contributed by atoms with Crippen LogP contribution >= 0.6 is 0 Å². The predicted octanol–water partition coefficient (Wildman–Crippen LogP) is 4.67. The number of hydrogen-bond acceptors (Lipinski definition) is 6. The third-order valence-electron chi connectivity index (χ3n) is 7.16. The van der Waals surface area contributed by atoms with E-state index in [1.54, 1.807) is 12.3 Å². The van der Waals surface area contributed by atoms with Gasteiger partial charge in [-0.2, -0.15) is 0 Å². The van der Waals surface area contributed by atoms with E-state index in [-0.39, 0.29) is 5.97 Å². The number of piperazine rings is 1. The van der Waals surface area contributed by atoms with E-state index in [9.17, 15) is 4.79 Å². The Kier molecular flexibility index (Phi) is 10.9. The monoisotopic (exact) mass is 480 g/mol. The molecule has 1 aromatic carbocycles. The minimum atomic E-state index is -0.295. The van der Waals surface area contributed by atoms with Crippen molar-refractivity contribution in [3.05, 3.63) is 53.3 Å². The quantitative estimate of drug-likeness (QED) is 0.454. The number of aliphatic imine (C=N–C) groups is 1. The van der Waals surface area contributed by atoms with Crippen molar-refractivity contribution >= 4 is 17.9 Å². The average molecular weight is 481 g/mol. The van der Waals surface area contributed by atoms with Gasteiger partial charge in [0.15, 0.2) is 0 Å². The van der Waals surface area contributed by atoms with Crippen LogP contribution in [0, 0.1) is 19.8 Å². The molecule has 0 spiro atoms. The van der Waals surface area contributed by atoms with Crippen molar-refractivity contribution in [2.75, 3.05) is 50.8 Å². The van der Waals surface area contributed by atoms with Crippen LogP contribution in [0.5, 0.6) is 0 Å². The molecule has 0 aliphatic carbocycles. The van der Waals surface area contributed by atoms with E-state index in [2.05, 4.69) is 66.0 Å². The fraction of sp³-hybridized carbons (Fsp3) is 0.586. The summed E-state index contributed by atoms with van der Waals surface area (Å²) in [5, 5.41) is 3.38. The molecule has 2 unspecified atom stereocenters. The number of benzene rings is 1. The lowest BCUT2D eigenvalue weighted by Crippen LogP contribution is -2.53. The Labute approximate surface area is 212 Å². The SMILES string of the molecule is CCCCOC(=O)/C1=C/C=C/NCCC(CN2CCN(c3ccc(C)c(C)c3)CC2C)CCN=C1. The Balaban J connectivity index is 1.54. The number of anilines is 1. The van der Waals surface area contributed by atoms with Crippen LogP contribution < -0.4 is 10.2 Å². The molecule has 1 fully saturated rings. The zero-order valence-corrected chi connectivity index (χ0v) is 22.1. The first kappa shape index (κ1) is 27.0. The molecule has 0 aromatic heterocycles. The maximum atomic E-state index is 12.4.